The van der Waals surface area contributed by atoms with Crippen molar-refractivity contribution in [2.24, 2.45) is 11.8 Å². The summed E-state index contributed by atoms with van der Waals surface area (Å²) in [4.78, 5) is 26.3. The summed E-state index contributed by atoms with van der Waals surface area (Å²) in [6.07, 6.45) is 1.48. The average Bonchev–Trinajstić information content (AvgIpc) is 3.06. The van der Waals surface area contributed by atoms with Crippen LogP contribution in [0.4, 0.5) is 5.69 Å². The van der Waals surface area contributed by atoms with E-state index in [0.717, 1.165) is 12.8 Å². The van der Waals surface area contributed by atoms with Crippen LogP contribution in [0.15, 0.2) is 18.2 Å². The van der Waals surface area contributed by atoms with Crippen molar-refractivity contribution in [3.05, 3.63) is 28.2 Å². The van der Waals surface area contributed by atoms with E-state index >= 15 is 0 Å². The second kappa shape index (κ2) is 4.20. The third-order valence-electron chi connectivity index (χ3n) is 4.43. The molecule has 0 N–H and O–H groups in total. The van der Waals surface area contributed by atoms with E-state index in [4.69, 9.17) is 27.9 Å². The zero-order valence-electron chi connectivity index (χ0n) is 10.4. The molecule has 4 atom stereocenters. The van der Waals surface area contributed by atoms with Gasteiger partial charge >= 0.3 is 0 Å². The van der Waals surface area contributed by atoms with Crippen molar-refractivity contribution in [1.29, 1.82) is 0 Å². The molecular formula is C14H11Cl2NO3. The smallest absolute Gasteiger partial charge is 0.240 e. The number of imide groups is 1. The third kappa shape index (κ3) is 1.53. The summed E-state index contributed by atoms with van der Waals surface area (Å²) in [5, 5.41) is 0.786. The fourth-order valence-corrected chi connectivity index (χ4v) is 4.11. The van der Waals surface area contributed by atoms with Gasteiger partial charge in [-0.3, -0.25) is 9.59 Å². The number of amides is 2. The number of fused-ring (bicyclic) bond motifs is 5. The second-order valence-electron chi connectivity index (χ2n) is 5.45. The largest absolute Gasteiger partial charge is 0.373 e. The van der Waals surface area contributed by atoms with Gasteiger partial charge in [0.25, 0.3) is 0 Å². The molecule has 0 spiro atoms. The zero-order chi connectivity index (χ0) is 14.0. The van der Waals surface area contributed by atoms with Crippen LogP contribution in [-0.4, -0.2) is 24.0 Å². The first-order valence-corrected chi connectivity index (χ1v) is 7.32. The van der Waals surface area contributed by atoms with Crippen LogP contribution in [-0.2, 0) is 14.3 Å². The molecule has 104 valence electrons. The maximum Gasteiger partial charge on any atom is 0.240 e. The summed E-state index contributed by atoms with van der Waals surface area (Å²) in [5.74, 6) is -1.08. The Bertz CT molecular complexity index is 605. The van der Waals surface area contributed by atoms with Gasteiger partial charge in [0.05, 0.1) is 34.8 Å². The molecule has 3 aliphatic rings. The molecule has 4 unspecified atom stereocenters. The SMILES string of the molecule is O=C1C2C3CCC(O3)C2C(=O)N1c1ccc(Cl)cc1Cl. The molecule has 3 saturated heterocycles. The fraction of sp³-hybridized carbons (Fsp3) is 0.429. The molecule has 0 aliphatic carbocycles. The molecule has 0 radical (unpaired) electrons. The lowest BCUT2D eigenvalue weighted by Crippen LogP contribution is -2.34. The van der Waals surface area contributed by atoms with Gasteiger partial charge in [0.2, 0.25) is 11.8 Å². The van der Waals surface area contributed by atoms with Gasteiger partial charge in [0.15, 0.2) is 0 Å². The number of nitrogens with zero attached hydrogens (tertiary/aromatic N) is 1. The lowest BCUT2D eigenvalue weighted by atomic mass is 9.81. The summed E-state index contributed by atoms with van der Waals surface area (Å²) in [7, 11) is 0. The number of ether oxygens (including phenoxy) is 1. The van der Waals surface area contributed by atoms with E-state index < -0.39 is 0 Å². The van der Waals surface area contributed by atoms with E-state index in [1.807, 2.05) is 0 Å². The minimum Gasteiger partial charge on any atom is -0.373 e. The predicted molar refractivity (Wildman–Crippen MR) is 73.8 cm³/mol. The molecule has 4 rings (SSSR count). The van der Waals surface area contributed by atoms with Crippen LogP contribution < -0.4 is 4.90 Å². The summed E-state index contributed by atoms with van der Waals surface area (Å²) in [6, 6.07) is 4.78. The Hall–Kier alpha value is -1.10. The summed E-state index contributed by atoms with van der Waals surface area (Å²) in [5.41, 5.74) is 0.417. The first-order valence-electron chi connectivity index (χ1n) is 6.56. The zero-order valence-corrected chi connectivity index (χ0v) is 11.9. The van der Waals surface area contributed by atoms with Gasteiger partial charge in [-0.05, 0) is 31.0 Å². The quantitative estimate of drug-likeness (QED) is 0.749. The maximum absolute atomic E-state index is 12.6. The molecule has 1 aromatic carbocycles. The molecule has 3 fully saturated rings. The Morgan fingerprint density at radius 2 is 1.65 bits per heavy atom. The first kappa shape index (κ1) is 12.6. The monoisotopic (exact) mass is 311 g/mol. The van der Waals surface area contributed by atoms with Crippen LogP contribution in [0, 0.1) is 11.8 Å². The number of carbonyl (C=O) groups is 2. The van der Waals surface area contributed by atoms with Gasteiger partial charge in [0.1, 0.15) is 0 Å². The summed E-state index contributed by atoms with van der Waals surface area (Å²) in [6.45, 7) is 0. The Balaban J connectivity index is 1.77. The third-order valence-corrected chi connectivity index (χ3v) is 4.97. The lowest BCUT2D eigenvalue weighted by Gasteiger charge is -2.18. The van der Waals surface area contributed by atoms with Crippen molar-refractivity contribution in [3.8, 4) is 0 Å². The lowest BCUT2D eigenvalue weighted by molar-refractivity contribution is -0.124. The number of hydrogen-bond donors (Lipinski definition) is 0. The standard InChI is InChI=1S/C14H11Cl2NO3/c15-6-1-2-8(7(16)5-6)17-13(18)11-9-3-4-10(20-9)12(11)14(17)19/h1-2,5,9-12H,3-4H2. The number of hydrogen-bond acceptors (Lipinski definition) is 3. The van der Waals surface area contributed by atoms with Crippen LogP contribution in [0.25, 0.3) is 0 Å². The van der Waals surface area contributed by atoms with Gasteiger partial charge in [-0.2, -0.15) is 0 Å². The van der Waals surface area contributed by atoms with Crippen molar-refractivity contribution in [2.75, 3.05) is 4.90 Å². The highest BCUT2D eigenvalue weighted by Crippen LogP contribution is 2.50. The molecule has 3 heterocycles. The predicted octanol–water partition coefficient (Wildman–Crippen LogP) is 2.66. The highest BCUT2D eigenvalue weighted by molar-refractivity contribution is 6.38. The average molecular weight is 312 g/mol. The molecule has 0 aromatic heterocycles. The van der Waals surface area contributed by atoms with E-state index in [0.29, 0.717) is 15.7 Å². The van der Waals surface area contributed by atoms with Crippen LogP contribution in [0.2, 0.25) is 10.0 Å². The van der Waals surface area contributed by atoms with Gasteiger partial charge in [-0.1, -0.05) is 23.2 Å². The fourth-order valence-electron chi connectivity index (χ4n) is 3.61. The van der Waals surface area contributed by atoms with Crippen LogP contribution in [0.5, 0.6) is 0 Å². The van der Waals surface area contributed by atoms with Crippen LogP contribution in [0.1, 0.15) is 12.8 Å². The van der Waals surface area contributed by atoms with E-state index in [-0.39, 0.29) is 35.9 Å². The topological polar surface area (TPSA) is 46.6 Å². The van der Waals surface area contributed by atoms with Crippen molar-refractivity contribution >= 4 is 40.7 Å². The second-order valence-corrected chi connectivity index (χ2v) is 6.29. The van der Waals surface area contributed by atoms with Gasteiger partial charge in [-0.15, -0.1) is 0 Å². The van der Waals surface area contributed by atoms with Crippen molar-refractivity contribution < 1.29 is 14.3 Å². The van der Waals surface area contributed by atoms with Crippen molar-refractivity contribution in [2.45, 2.75) is 25.0 Å². The number of anilines is 1. The molecule has 20 heavy (non-hydrogen) atoms. The Labute approximate surface area is 125 Å². The highest BCUT2D eigenvalue weighted by Gasteiger charge is 2.62. The molecular weight excluding hydrogens is 301 g/mol. The maximum atomic E-state index is 12.6. The van der Waals surface area contributed by atoms with Crippen LogP contribution in [0.3, 0.4) is 0 Å². The molecule has 0 saturated carbocycles. The number of rotatable bonds is 1. The Morgan fingerprint density at radius 1 is 1.05 bits per heavy atom. The van der Waals surface area contributed by atoms with E-state index in [1.54, 1.807) is 12.1 Å². The van der Waals surface area contributed by atoms with Gasteiger partial charge in [0, 0.05) is 5.02 Å². The molecule has 3 aliphatic heterocycles. The summed E-state index contributed by atoms with van der Waals surface area (Å²) < 4.78 is 5.69. The normalized spacial score (nSPS) is 35.0. The van der Waals surface area contributed by atoms with Gasteiger partial charge in [-0.25, -0.2) is 4.90 Å². The minimum absolute atomic E-state index is 0.113. The number of benzene rings is 1. The molecule has 6 heteroatoms. The van der Waals surface area contributed by atoms with E-state index in [9.17, 15) is 9.59 Å². The number of carbonyl (C=O) groups excluding carboxylic acids is 2. The molecule has 2 amide bonds. The first-order chi connectivity index (χ1) is 9.58. The van der Waals surface area contributed by atoms with Crippen molar-refractivity contribution in [3.63, 3.8) is 0 Å². The number of halogens is 2. The highest BCUT2D eigenvalue weighted by atomic mass is 35.5. The Morgan fingerprint density at radius 3 is 2.20 bits per heavy atom. The van der Waals surface area contributed by atoms with Crippen molar-refractivity contribution in [1.82, 2.24) is 0 Å². The van der Waals surface area contributed by atoms with Crippen LogP contribution >= 0.6 is 23.2 Å². The molecule has 1 aromatic rings. The Kier molecular flexibility index (Phi) is 2.65. The van der Waals surface area contributed by atoms with E-state index in [2.05, 4.69) is 0 Å². The minimum atomic E-state index is -0.340. The summed E-state index contributed by atoms with van der Waals surface area (Å²) >= 11 is 12.0. The molecule has 2 bridgehead atoms. The molecule has 4 nitrogen and oxygen atoms in total. The van der Waals surface area contributed by atoms with Gasteiger partial charge < -0.3 is 4.74 Å². The van der Waals surface area contributed by atoms with E-state index in [1.165, 1.54) is 11.0 Å².